The normalized spacial score (nSPS) is 11.7. The summed E-state index contributed by atoms with van der Waals surface area (Å²) in [6.07, 6.45) is 8.77. The lowest BCUT2D eigenvalue weighted by Gasteiger charge is -2.06. The standard InChI is InChI=1S/C16H28N2O2S/c1-2-3-4-5-6-7-13-18-14-12-15-8-10-16(11-9-15)21(17,19)20/h8-11,18H,2-7,12-14H2,1H3,(H2,17,19,20). The van der Waals surface area contributed by atoms with E-state index in [1.165, 1.54) is 38.5 Å². The Morgan fingerprint density at radius 3 is 2.19 bits per heavy atom. The average molecular weight is 312 g/mol. The monoisotopic (exact) mass is 312 g/mol. The van der Waals surface area contributed by atoms with E-state index in [0.717, 1.165) is 25.1 Å². The lowest BCUT2D eigenvalue weighted by molar-refractivity contribution is 0.573. The molecule has 21 heavy (non-hydrogen) atoms. The molecule has 0 saturated heterocycles. The van der Waals surface area contributed by atoms with Gasteiger partial charge in [-0.25, -0.2) is 13.6 Å². The third kappa shape index (κ3) is 8.19. The summed E-state index contributed by atoms with van der Waals surface area (Å²) < 4.78 is 22.3. The maximum atomic E-state index is 11.1. The Morgan fingerprint density at radius 1 is 0.952 bits per heavy atom. The zero-order valence-electron chi connectivity index (χ0n) is 13.0. The first-order chi connectivity index (χ1) is 10.0. The molecule has 1 aromatic carbocycles. The SMILES string of the molecule is CCCCCCCCNCCc1ccc(S(N)(=O)=O)cc1. The van der Waals surface area contributed by atoms with Gasteiger partial charge < -0.3 is 5.32 Å². The summed E-state index contributed by atoms with van der Waals surface area (Å²) in [6, 6.07) is 6.79. The predicted molar refractivity (Wildman–Crippen MR) is 87.8 cm³/mol. The number of hydrogen-bond acceptors (Lipinski definition) is 3. The molecule has 0 saturated carbocycles. The van der Waals surface area contributed by atoms with Crippen molar-refractivity contribution in [1.82, 2.24) is 5.32 Å². The van der Waals surface area contributed by atoms with Crippen molar-refractivity contribution in [2.75, 3.05) is 13.1 Å². The van der Waals surface area contributed by atoms with Crippen LogP contribution in [-0.2, 0) is 16.4 Å². The number of hydrogen-bond donors (Lipinski definition) is 2. The third-order valence-electron chi connectivity index (χ3n) is 3.55. The maximum absolute atomic E-state index is 11.1. The van der Waals surface area contributed by atoms with Gasteiger partial charge in [0.25, 0.3) is 0 Å². The summed E-state index contributed by atoms with van der Waals surface area (Å²) in [5.74, 6) is 0. The van der Waals surface area contributed by atoms with Gasteiger partial charge in [0, 0.05) is 0 Å². The molecule has 0 aliphatic heterocycles. The molecule has 0 aliphatic carbocycles. The summed E-state index contributed by atoms with van der Waals surface area (Å²) in [5, 5.41) is 8.49. The van der Waals surface area contributed by atoms with E-state index in [2.05, 4.69) is 12.2 Å². The Labute approximate surface area is 129 Å². The van der Waals surface area contributed by atoms with Gasteiger partial charge in [-0.05, 0) is 43.6 Å². The minimum Gasteiger partial charge on any atom is -0.316 e. The largest absolute Gasteiger partial charge is 0.316 e. The van der Waals surface area contributed by atoms with Crippen LogP contribution in [0.15, 0.2) is 29.2 Å². The fraction of sp³-hybridized carbons (Fsp3) is 0.625. The van der Waals surface area contributed by atoms with Crippen molar-refractivity contribution in [2.24, 2.45) is 5.14 Å². The van der Waals surface area contributed by atoms with Crippen molar-refractivity contribution in [3.63, 3.8) is 0 Å². The van der Waals surface area contributed by atoms with Gasteiger partial charge in [0.15, 0.2) is 0 Å². The topological polar surface area (TPSA) is 72.2 Å². The van der Waals surface area contributed by atoms with Crippen molar-refractivity contribution in [3.05, 3.63) is 29.8 Å². The van der Waals surface area contributed by atoms with Crippen LogP contribution in [0.4, 0.5) is 0 Å². The van der Waals surface area contributed by atoms with Crippen LogP contribution in [0, 0.1) is 0 Å². The molecule has 0 fully saturated rings. The van der Waals surface area contributed by atoms with Crippen molar-refractivity contribution in [1.29, 1.82) is 0 Å². The maximum Gasteiger partial charge on any atom is 0.238 e. The lowest BCUT2D eigenvalue weighted by Crippen LogP contribution is -2.18. The molecule has 0 aliphatic rings. The Kier molecular flexibility index (Phi) is 8.57. The Morgan fingerprint density at radius 2 is 1.57 bits per heavy atom. The molecule has 5 heteroatoms. The van der Waals surface area contributed by atoms with Gasteiger partial charge in [-0.15, -0.1) is 0 Å². The number of nitrogens with one attached hydrogen (secondary N) is 1. The molecule has 120 valence electrons. The van der Waals surface area contributed by atoms with Crippen LogP contribution in [0.25, 0.3) is 0 Å². The van der Waals surface area contributed by atoms with Crippen LogP contribution in [0.1, 0.15) is 51.0 Å². The van der Waals surface area contributed by atoms with E-state index in [1.54, 1.807) is 12.1 Å². The molecule has 0 spiro atoms. The molecule has 0 aromatic heterocycles. The van der Waals surface area contributed by atoms with E-state index in [9.17, 15) is 8.42 Å². The van der Waals surface area contributed by atoms with E-state index in [4.69, 9.17) is 5.14 Å². The van der Waals surface area contributed by atoms with Gasteiger partial charge >= 0.3 is 0 Å². The Bertz CT molecular complexity index is 484. The van der Waals surface area contributed by atoms with Gasteiger partial charge in [-0.1, -0.05) is 51.2 Å². The van der Waals surface area contributed by atoms with Gasteiger partial charge in [0.1, 0.15) is 0 Å². The molecule has 4 nitrogen and oxygen atoms in total. The molecule has 1 rings (SSSR count). The first kappa shape index (κ1) is 18.1. The van der Waals surface area contributed by atoms with E-state index >= 15 is 0 Å². The second-order valence-electron chi connectivity index (χ2n) is 5.46. The van der Waals surface area contributed by atoms with Crippen molar-refractivity contribution in [2.45, 2.75) is 56.8 Å². The Balaban J connectivity index is 2.10. The van der Waals surface area contributed by atoms with Crippen LogP contribution in [0.3, 0.4) is 0 Å². The number of rotatable bonds is 11. The number of primary sulfonamides is 1. The number of sulfonamides is 1. The molecule has 0 heterocycles. The molecule has 0 radical (unpaired) electrons. The molecule has 3 N–H and O–H groups in total. The minimum absolute atomic E-state index is 0.172. The fourth-order valence-electron chi connectivity index (χ4n) is 2.23. The van der Waals surface area contributed by atoms with Crippen molar-refractivity contribution >= 4 is 10.0 Å². The highest BCUT2D eigenvalue weighted by Crippen LogP contribution is 2.09. The highest BCUT2D eigenvalue weighted by Gasteiger charge is 2.06. The van der Waals surface area contributed by atoms with Crippen LogP contribution in [0.5, 0.6) is 0 Å². The summed E-state index contributed by atoms with van der Waals surface area (Å²) in [4.78, 5) is 0.172. The van der Waals surface area contributed by atoms with Gasteiger partial charge in [-0.2, -0.15) is 0 Å². The van der Waals surface area contributed by atoms with Crippen LogP contribution < -0.4 is 10.5 Å². The number of benzene rings is 1. The highest BCUT2D eigenvalue weighted by molar-refractivity contribution is 7.89. The fourth-order valence-corrected chi connectivity index (χ4v) is 2.75. The second-order valence-corrected chi connectivity index (χ2v) is 7.02. The molecule has 0 unspecified atom stereocenters. The summed E-state index contributed by atoms with van der Waals surface area (Å²) >= 11 is 0. The zero-order chi connectivity index (χ0) is 15.6. The Hall–Kier alpha value is -0.910. The van der Waals surface area contributed by atoms with Crippen molar-refractivity contribution < 1.29 is 8.42 Å². The van der Waals surface area contributed by atoms with Crippen molar-refractivity contribution in [3.8, 4) is 0 Å². The van der Waals surface area contributed by atoms with Gasteiger partial charge in [0.2, 0.25) is 10.0 Å². The molecule has 1 aromatic rings. The van der Waals surface area contributed by atoms with Crippen LogP contribution in [-0.4, -0.2) is 21.5 Å². The molecule has 0 bridgehead atoms. The van der Waals surface area contributed by atoms with Gasteiger partial charge in [0.05, 0.1) is 4.90 Å². The first-order valence-electron chi connectivity index (χ1n) is 7.86. The predicted octanol–water partition coefficient (Wildman–Crippen LogP) is 2.83. The zero-order valence-corrected chi connectivity index (χ0v) is 13.8. The third-order valence-corrected chi connectivity index (χ3v) is 4.48. The summed E-state index contributed by atoms with van der Waals surface area (Å²) in [7, 11) is -3.58. The van der Waals surface area contributed by atoms with Crippen LogP contribution in [0.2, 0.25) is 0 Å². The number of nitrogens with two attached hydrogens (primary N) is 1. The minimum atomic E-state index is -3.58. The van der Waals surface area contributed by atoms with E-state index in [1.807, 2.05) is 12.1 Å². The number of unbranched alkanes of at least 4 members (excludes halogenated alkanes) is 5. The van der Waals surface area contributed by atoms with E-state index < -0.39 is 10.0 Å². The van der Waals surface area contributed by atoms with Crippen LogP contribution >= 0.6 is 0 Å². The second kappa shape index (κ2) is 9.92. The van der Waals surface area contributed by atoms with E-state index in [0.29, 0.717) is 0 Å². The molecular weight excluding hydrogens is 284 g/mol. The van der Waals surface area contributed by atoms with Gasteiger partial charge in [-0.3, -0.25) is 0 Å². The van der Waals surface area contributed by atoms with E-state index in [-0.39, 0.29) is 4.90 Å². The highest BCUT2D eigenvalue weighted by atomic mass is 32.2. The quantitative estimate of drug-likeness (QED) is 0.617. The molecule has 0 amide bonds. The molecule has 0 atom stereocenters. The lowest BCUT2D eigenvalue weighted by atomic mass is 10.1. The summed E-state index contributed by atoms with van der Waals surface area (Å²) in [5.41, 5.74) is 1.12. The average Bonchev–Trinajstić information content (AvgIpc) is 2.45. The smallest absolute Gasteiger partial charge is 0.238 e. The summed E-state index contributed by atoms with van der Waals surface area (Å²) in [6.45, 7) is 4.21. The molecular formula is C16H28N2O2S. The first-order valence-corrected chi connectivity index (χ1v) is 9.41.